The Morgan fingerprint density at radius 2 is 1.64 bits per heavy atom. The molecule has 0 heterocycles. The number of hydrogen-bond acceptors (Lipinski definition) is 0. The number of allylic oxidation sites excluding steroid dienone is 1. The molecule has 0 nitrogen and oxygen atoms in total. The van der Waals surface area contributed by atoms with Crippen molar-refractivity contribution < 1.29 is 0 Å². The van der Waals surface area contributed by atoms with Crippen LogP contribution in [0, 0.1) is 29.1 Å². The Morgan fingerprint density at radius 1 is 0.880 bits per heavy atom. The summed E-state index contributed by atoms with van der Waals surface area (Å²) in [6.07, 6.45) is 23.5. The Balaban J connectivity index is 1.73. The molecule has 0 spiro atoms. The molecule has 144 valence electrons. The lowest BCUT2D eigenvalue weighted by Gasteiger charge is -2.34. The van der Waals surface area contributed by atoms with E-state index in [0.717, 1.165) is 23.7 Å². The molecule has 0 amide bonds. The maximum absolute atomic E-state index is 4.65. The molecule has 3 fully saturated rings. The normalized spacial score (nSPS) is 40.6. The van der Waals surface area contributed by atoms with Crippen LogP contribution in [0.2, 0.25) is 0 Å². The molecule has 0 bridgehead atoms. The van der Waals surface area contributed by atoms with Gasteiger partial charge in [0, 0.05) is 0 Å². The Labute approximate surface area is 158 Å². The van der Waals surface area contributed by atoms with E-state index < -0.39 is 0 Å². The number of unbranched alkanes of at least 4 members (excludes halogenated alkanes) is 1. The monoisotopic (exact) mass is 344 g/mol. The van der Waals surface area contributed by atoms with Gasteiger partial charge in [0.25, 0.3) is 0 Å². The molecule has 0 heteroatoms. The third-order valence-corrected chi connectivity index (χ3v) is 8.39. The minimum Gasteiger partial charge on any atom is -0.0996 e. The van der Waals surface area contributed by atoms with E-state index in [1.807, 2.05) is 0 Å². The van der Waals surface area contributed by atoms with Crippen LogP contribution >= 0.6 is 0 Å². The first kappa shape index (κ1) is 19.5. The van der Waals surface area contributed by atoms with E-state index >= 15 is 0 Å². The second-order valence-corrected chi connectivity index (χ2v) is 10.3. The minimum absolute atomic E-state index is 0.611. The highest BCUT2D eigenvalue weighted by atomic mass is 14.4. The summed E-state index contributed by atoms with van der Waals surface area (Å²) in [6, 6.07) is 0. The van der Waals surface area contributed by atoms with Crippen molar-refractivity contribution in [3.63, 3.8) is 0 Å². The van der Waals surface area contributed by atoms with Gasteiger partial charge in [0.2, 0.25) is 0 Å². The first-order valence-electron chi connectivity index (χ1n) is 11.8. The summed E-state index contributed by atoms with van der Waals surface area (Å²) in [6.45, 7) is 9.61. The Hall–Kier alpha value is -0.260. The van der Waals surface area contributed by atoms with Gasteiger partial charge in [-0.2, -0.15) is 0 Å². The molecule has 25 heavy (non-hydrogen) atoms. The zero-order valence-electron chi connectivity index (χ0n) is 17.3. The third-order valence-electron chi connectivity index (χ3n) is 8.39. The van der Waals surface area contributed by atoms with E-state index in [1.54, 1.807) is 12.0 Å². The van der Waals surface area contributed by atoms with Crippen LogP contribution in [0.1, 0.15) is 117 Å². The van der Waals surface area contributed by atoms with Gasteiger partial charge in [0.1, 0.15) is 0 Å². The standard InChI is InChI=1S/C25H44/c1-4-5-16-25(3)17-7-6-11-23-19-22-14-9-13-21(22)12-8-10-20(2)24(23)15-18-25/h21-24H,2,4-19H2,1,3H3. The molecule has 3 rings (SSSR count). The molecule has 5 unspecified atom stereocenters. The topological polar surface area (TPSA) is 0 Å². The average Bonchev–Trinajstić information content (AvgIpc) is 3.06. The highest BCUT2D eigenvalue weighted by Gasteiger charge is 2.36. The summed E-state index contributed by atoms with van der Waals surface area (Å²) in [5.41, 5.74) is 2.25. The summed E-state index contributed by atoms with van der Waals surface area (Å²) in [5.74, 6) is 3.93. The van der Waals surface area contributed by atoms with Crippen LogP contribution < -0.4 is 0 Å². The van der Waals surface area contributed by atoms with Gasteiger partial charge in [-0.15, -0.1) is 0 Å². The summed E-state index contributed by atoms with van der Waals surface area (Å²) >= 11 is 0. The summed E-state index contributed by atoms with van der Waals surface area (Å²) in [5, 5.41) is 0. The molecular weight excluding hydrogens is 300 g/mol. The van der Waals surface area contributed by atoms with E-state index in [2.05, 4.69) is 20.4 Å². The van der Waals surface area contributed by atoms with Gasteiger partial charge in [-0.3, -0.25) is 0 Å². The van der Waals surface area contributed by atoms with Gasteiger partial charge >= 0.3 is 0 Å². The average molecular weight is 345 g/mol. The summed E-state index contributed by atoms with van der Waals surface area (Å²) in [4.78, 5) is 0. The summed E-state index contributed by atoms with van der Waals surface area (Å²) < 4.78 is 0. The molecule has 0 aliphatic heterocycles. The molecule has 0 N–H and O–H groups in total. The van der Waals surface area contributed by atoms with Gasteiger partial charge < -0.3 is 0 Å². The largest absolute Gasteiger partial charge is 0.0996 e. The van der Waals surface area contributed by atoms with Crippen LogP contribution in [-0.4, -0.2) is 0 Å². The van der Waals surface area contributed by atoms with Crippen molar-refractivity contribution in [2.75, 3.05) is 0 Å². The van der Waals surface area contributed by atoms with Gasteiger partial charge in [0.05, 0.1) is 0 Å². The maximum Gasteiger partial charge on any atom is -0.0177 e. The number of hydrogen-bond donors (Lipinski definition) is 0. The highest BCUT2D eigenvalue weighted by Crippen LogP contribution is 2.48. The second kappa shape index (κ2) is 9.09. The Morgan fingerprint density at radius 3 is 2.48 bits per heavy atom. The molecule has 0 aromatic carbocycles. The van der Waals surface area contributed by atoms with E-state index in [4.69, 9.17) is 0 Å². The molecular formula is C25H44. The maximum atomic E-state index is 4.65. The van der Waals surface area contributed by atoms with Gasteiger partial charge in [-0.1, -0.05) is 70.9 Å². The predicted octanol–water partition coefficient (Wildman–Crippen LogP) is 8.32. The van der Waals surface area contributed by atoms with Crippen molar-refractivity contribution in [1.29, 1.82) is 0 Å². The van der Waals surface area contributed by atoms with E-state index in [0.29, 0.717) is 5.41 Å². The molecule has 0 aromatic rings. The van der Waals surface area contributed by atoms with Gasteiger partial charge in [0.15, 0.2) is 0 Å². The quantitative estimate of drug-likeness (QED) is 0.451. The minimum atomic E-state index is 0.611. The van der Waals surface area contributed by atoms with Crippen LogP contribution in [0.3, 0.4) is 0 Å². The van der Waals surface area contributed by atoms with Crippen LogP contribution in [0.25, 0.3) is 0 Å². The lowest BCUT2D eigenvalue weighted by Crippen LogP contribution is -2.22. The molecule has 0 radical (unpaired) electrons. The van der Waals surface area contributed by atoms with Crippen molar-refractivity contribution in [2.45, 2.75) is 117 Å². The fourth-order valence-electron chi connectivity index (χ4n) is 6.67. The Kier molecular flexibility index (Phi) is 7.09. The number of fused-ring (bicyclic) bond motifs is 2. The molecule has 3 saturated carbocycles. The molecule has 3 aliphatic rings. The van der Waals surface area contributed by atoms with Crippen molar-refractivity contribution in [3.8, 4) is 0 Å². The molecule has 5 atom stereocenters. The van der Waals surface area contributed by atoms with Gasteiger partial charge in [-0.25, -0.2) is 0 Å². The molecule has 3 aliphatic carbocycles. The second-order valence-electron chi connectivity index (χ2n) is 10.3. The van der Waals surface area contributed by atoms with Gasteiger partial charge in [-0.05, 0) is 86.9 Å². The first-order valence-corrected chi connectivity index (χ1v) is 11.8. The zero-order valence-corrected chi connectivity index (χ0v) is 17.3. The van der Waals surface area contributed by atoms with E-state index in [-0.39, 0.29) is 0 Å². The lowest BCUT2D eigenvalue weighted by atomic mass is 9.72. The van der Waals surface area contributed by atoms with E-state index in [1.165, 1.54) is 96.3 Å². The zero-order chi connectivity index (χ0) is 17.7. The highest BCUT2D eigenvalue weighted by molar-refractivity contribution is 5.05. The van der Waals surface area contributed by atoms with Crippen molar-refractivity contribution in [2.24, 2.45) is 29.1 Å². The van der Waals surface area contributed by atoms with E-state index in [9.17, 15) is 0 Å². The fraction of sp³-hybridized carbons (Fsp3) is 0.920. The van der Waals surface area contributed by atoms with Crippen LogP contribution in [0.15, 0.2) is 12.2 Å². The van der Waals surface area contributed by atoms with Crippen LogP contribution in [0.4, 0.5) is 0 Å². The smallest absolute Gasteiger partial charge is 0.0177 e. The van der Waals surface area contributed by atoms with Crippen LogP contribution in [0.5, 0.6) is 0 Å². The first-order chi connectivity index (χ1) is 12.1. The predicted molar refractivity (Wildman–Crippen MR) is 111 cm³/mol. The SMILES string of the molecule is C=C1CCCC2CCCC2CC2CCCCC(C)(CCCC)CCC12. The van der Waals surface area contributed by atoms with Crippen molar-refractivity contribution in [1.82, 2.24) is 0 Å². The Bertz CT molecular complexity index is 422. The molecule has 0 saturated heterocycles. The molecule has 0 aromatic heterocycles. The van der Waals surface area contributed by atoms with Crippen molar-refractivity contribution in [3.05, 3.63) is 12.2 Å². The van der Waals surface area contributed by atoms with Crippen molar-refractivity contribution >= 4 is 0 Å². The van der Waals surface area contributed by atoms with Crippen LogP contribution in [-0.2, 0) is 0 Å². The summed E-state index contributed by atoms with van der Waals surface area (Å²) in [7, 11) is 0. The lowest BCUT2D eigenvalue weighted by molar-refractivity contribution is 0.204. The fourth-order valence-corrected chi connectivity index (χ4v) is 6.67. The third kappa shape index (κ3) is 5.14. The number of rotatable bonds is 3.